The molecular weight excluding hydrogens is 378 g/mol. The molecule has 0 bridgehead atoms. The van der Waals surface area contributed by atoms with Crippen LogP contribution in [0.25, 0.3) is 11.0 Å². The molecule has 0 saturated carbocycles. The molecule has 0 atom stereocenters. The summed E-state index contributed by atoms with van der Waals surface area (Å²) in [4.78, 5) is 40.2. The topological polar surface area (TPSA) is 138 Å². The number of fused-ring (bicyclic) bond motifs is 1. The van der Waals surface area contributed by atoms with Crippen LogP contribution >= 0.6 is 0 Å². The van der Waals surface area contributed by atoms with E-state index in [1.54, 1.807) is 12.1 Å². The van der Waals surface area contributed by atoms with Crippen molar-refractivity contribution in [2.24, 2.45) is 10.2 Å². The van der Waals surface area contributed by atoms with Crippen molar-refractivity contribution in [3.63, 3.8) is 0 Å². The lowest BCUT2D eigenvalue weighted by molar-refractivity contribution is 0.0587. The molecular formula is C19H19N5O5. The van der Waals surface area contributed by atoms with Gasteiger partial charge in [0.25, 0.3) is 0 Å². The number of rotatable bonds is 7. The number of ether oxygens (including phenoxy) is 2. The third kappa shape index (κ3) is 4.67. The fraction of sp³-hybridized carbons (Fsp3) is 0.211. The largest absolute Gasteiger partial charge is 0.465 e. The molecule has 0 radical (unpaired) electrons. The van der Waals surface area contributed by atoms with Gasteiger partial charge in [-0.25, -0.2) is 14.4 Å². The minimum Gasteiger partial charge on any atom is -0.465 e. The van der Waals surface area contributed by atoms with E-state index in [-0.39, 0.29) is 22.5 Å². The Morgan fingerprint density at radius 3 is 2.52 bits per heavy atom. The van der Waals surface area contributed by atoms with Gasteiger partial charge in [0.1, 0.15) is 5.69 Å². The maximum Gasteiger partial charge on any atom is 0.340 e. The Hall–Kier alpha value is -3.95. The van der Waals surface area contributed by atoms with Crippen molar-refractivity contribution in [3.8, 4) is 0 Å². The van der Waals surface area contributed by atoms with Crippen LogP contribution in [0.1, 0.15) is 20.7 Å². The molecule has 1 heterocycles. The Morgan fingerprint density at radius 2 is 1.76 bits per heavy atom. The van der Waals surface area contributed by atoms with Crippen LogP contribution in [-0.4, -0.2) is 49.2 Å². The van der Waals surface area contributed by atoms with Crippen molar-refractivity contribution in [2.45, 2.75) is 0 Å². The van der Waals surface area contributed by atoms with Crippen LogP contribution in [0.2, 0.25) is 0 Å². The first-order valence-electron chi connectivity index (χ1n) is 8.66. The number of aromatic amines is 2. The Morgan fingerprint density at radius 1 is 1.00 bits per heavy atom. The van der Waals surface area contributed by atoms with E-state index in [0.717, 1.165) is 11.2 Å². The zero-order valence-electron chi connectivity index (χ0n) is 15.8. The van der Waals surface area contributed by atoms with E-state index in [2.05, 4.69) is 30.3 Å². The van der Waals surface area contributed by atoms with Crippen LogP contribution in [-0.2, 0) is 9.47 Å². The van der Waals surface area contributed by atoms with Gasteiger partial charge in [-0.1, -0.05) is 0 Å². The molecule has 0 unspecified atom stereocenters. The number of hydrogen-bond acceptors (Lipinski definition) is 8. The van der Waals surface area contributed by atoms with Gasteiger partial charge in [-0.2, -0.15) is 10.2 Å². The number of imidazole rings is 1. The van der Waals surface area contributed by atoms with Crippen LogP contribution in [0.3, 0.4) is 0 Å². The summed E-state index contributed by atoms with van der Waals surface area (Å²) < 4.78 is 9.41. The minimum absolute atomic E-state index is 0.193. The summed E-state index contributed by atoms with van der Waals surface area (Å²) >= 11 is 0. The number of H-pyrrole nitrogens is 2. The molecule has 0 saturated heterocycles. The fourth-order valence-electron chi connectivity index (χ4n) is 2.66. The molecule has 0 aliphatic heterocycles. The lowest BCUT2D eigenvalue weighted by Crippen LogP contribution is -2.06. The van der Waals surface area contributed by atoms with E-state index >= 15 is 0 Å². The quantitative estimate of drug-likeness (QED) is 0.318. The smallest absolute Gasteiger partial charge is 0.340 e. The number of methoxy groups -OCH3 is 2. The predicted octanol–water partition coefficient (Wildman–Crippen LogP) is 2.63. The van der Waals surface area contributed by atoms with Gasteiger partial charge < -0.3 is 24.8 Å². The predicted molar refractivity (Wildman–Crippen MR) is 106 cm³/mol. The molecule has 2 aromatic carbocycles. The molecule has 3 N–H and O–H groups in total. The molecule has 0 amide bonds. The van der Waals surface area contributed by atoms with Gasteiger partial charge in [0.15, 0.2) is 0 Å². The zero-order chi connectivity index (χ0) is 20.8. The molecule has 3 rings (SSSR count). The van der Waals surface area contributed by atoms with E-state index in [9.17, 15) is 14.4 Å². The van der Waals surface area contributed by atoms with E-state index in [4.69, 9.17) is 4.74 Å². The van der Waals surface area contributed by atoms with Crippen LogP contribution in [0.4, 0.5) is 11.4 Å². The Kier molecular flexibility index (Phi) is 6.03. The van der Waals surface area contributed by atoms with Gasteiger partial charge in [0, 0.05) is 12.2 Å². The van der Waals surface area contributed by atoms with Gasteiger partial charge in [-0.15, -0.1) is 0 Å². The van der Waals surface area contributed by atoms with Crippen molar-refractivity contribution < 1.29 is 19.1 Å². The number of nitrogens with zero attached hydrogens (tertiary/aromatic N) is 2. The van der Waals surface area contributed by atoms with Crippen molar-refractivity contribution in [2.75, 3.05) is 32.6 Å². The van der Waals surface area contributed by atoms with Gasteiger partial charge >= 0.3 is 17.6 Å². The molecule has 150 valence electrons. The average Bonchev–Trinajstić information content (AvgIpc) is 3.11. The summed E-state index contributed by atoms with van der Waals surface area (Å²) in [6.45, 7) is 0.776. The molecule has 10 heteroatoms. The van der Waals surface area contributed by atoms with Crippen LogP contribution in [0.5, 0.6) is 0 Å². The Labute approximate surface area is 164 Å². The molecule has 0 aliphatic carbocycles. The second-order valence-electron chi connectivity index (χ2n) is 5.95. The van der Waals surface area contributed by atoms with E-state index in [1.807, 2.05) is 6.07 Å². The third-order valence-electron chi connectivity index (χ3n) is 4.06. The highest BCUT2D eigenvalue weighted by molar-refractivity contribution is 5.98. The summed E-state index contributed by atoms with van der Waals surface area (Å²) in [7, 11) is 2.53. The van der Waals surface area contributed by atoms with Gasteiger partial charge in [0.05, 0.1) is 42.9 Å². The van der Waals surface area contributed by atoms with Crippen molar-refractivity contribution in [1.82, 2.24) is 9.97 Å². The maximum atomic E-state index is 11.9. The second kappa shape index (κ2) is 8.83. The first kappa shape index (κ1) is 19.8. The third-order valence-corrected chi connectivity index (χ3v) is 4.06. The highest BCUT2D eigenvalue weighted by Crippen LogP contribution is 2.23. The number of benzene rings is 2. The summed E-state index contributed by atoms with van der Waals surface area (Å²) in [5, 5.41) is 11.3. The molecule has 0 fully saturated rings. The fourth-order valence-corrected chi connectivity index (χ4v) is 2.66. The monoisotopic (exact) mass is 397 g/mol. The molecule has 3 aromatic rings. The van der Waals surface area contributed by atoms with E-state index < -0.39 is 11.9 Å². The van der Waals surface area contributed by atoms with Crippen LogP contribution < -0.4 is 11.0 Å². The normalized spacial score (nSPS) is 11.0. The first-order valence-corrected chi connectivity index (χ1v) is 8.66. The number of azo groups is 1. The first-order chi connectivity index (χ1) is 14.0. The minimum atomic E-state index is -0.581. The zero-order valence-corrected chi connectivity index (χ0v) is 15.8. The number of aromatic nitrogens is 2. The van der Waals surface area contributed by atoms with Crippen LogP contribution in [0.15, 0.2) is 51.4 Å². The molecule has 10 nitrogen and oxygen atoms in total. The molecule has 29 heavy (non-hydrogen) atoms. The number of esters is 2. The molecule has 0 spiro atoms. The number of hydrogen-bond donors (Lipinski definition) is 3. The van der Waals surface area contributed by atoms with E-state index in [1.165, 1.54) is 32.4 Å². The van der Waals surface area contributed by atoms with Gasteiger partial charge in [-0.3, -0.25) is 0 Å². The van der Waals surface area contributed by atoms with Crippen LogP contribution in [0, 0.1) is 0 Å². The summed E-state index contributed by atoms with van der Waals surface area (Å²) in [5.41, 5.74) is 2.63. The summed E-state index contributed by atoms with van der Waals surface area (Å²) in [6.07, 6.45) is 0. The summed E-state index contributed by atoms with van der Waals surface area (Å²) in [5.74, 6) is -1.12. The number of carbonyl (C=O) groups is 2. The second-order valence-corrected chi connectivity index (χ2v) is 5.95. The highest BCUT2D eigenvalue weighted by atomic mass is 16.5. The number of nitrogens with one attached hydrogen (secondary N) is 3. The van der Waals surface area contributed by atoms with Gasteiger partial charge in [-0.05, 0) is 36.4 Å². The highest BCUT2D eigenvalue weighted by Gasteiger charge is 2.15. The number of anilines is 1. The van der Waals surface area contributed by atoms with Crippen molar-refractivity contribution in [3.05, 3.63) is 58.0 Å². The Balaban J connectivity index is 1.67. The average molecular weight is 397 g/mol. The maximum absolute atomic E-state index is 11.9. The lowest BCUT2D eigenvalue weighted by atomic mass is 10.1. The standard InChI is InChI=1S/C19H19N5O5/c1-28-17(25)11-3-5-13(18(26)29-2)15(9-11)24-21-8-7-20-12-4-6-14-16(10-12)23-19(27)22-14/h3-6,9-10,20H,7-8H2,1-2H3,(H2,22,23,27). The summed E-state index contributed by atoms with van der Waals surface area (Å²) in [6, 6.07) is 9.75. The van der Waals surface area contributed by atoms with Crippen molar-refractivity contribution >= 4 is 34.3 Å². The van der Waals surface area contributed by atoms with Gasteiger partial charge in [0.2, 0.25) is 0 Å². The molecule has 0 aliphatic rings. The number of carbonyl (C=O) groups excluding carboxylic acids is 2. The van der Waals surface area contributed by atoms with E-state index in [0.29, 0.717) is 18.6 Å². The van der Waals surface area contributed by atoms with Crippen molar-refractivity contribution in [1.29, 1.82) is 0 Å². The molecule has 1 aromatic heterocycles. The lowest BCUT2D eigenvalue weighted by Gasteiger charge is -2.06. The Bertz CT molecular complexity index is 1130. The SMILES string of the molecule is COC(=O)c1ccc(C(=O)OC)c(N=NCCNc2ccc3[nH]c(=O)[nH]c3c2)c1.